The molecule has 0 bridgehead atoms. The summed E-state index contributed by atoms with van der Waals surface area (Å²) < 4.78 is 31.7. The first-order chi connectivity index (χ1) is 10.4. The van der Waals surface area contributed by atoms with E-state index in [0.29, 0.717) is 0 Å². The Morgan fingerprint density at radius 3 is 2.65 bits per heavy atom. The fraction of sp³-hybridized carbons (Fsp3) is 0.562. The van der Waals surface area contributed by atoms with Crippen molar-refractivity contribution in [3.63, 3.8) is 0 Å². The van der Waals surface area contributed by atoms with Crippen molar-refractivity contribution in [2.24, 2.45) is 0 Å². The minimum absolute atomic E-state index is 0. The van der Waals surface area contributed by atoms with Gasteiger partial charge in [0.25, 0.3) is 5.92 Å². The maximum absolute atomic E-state index is 13.2. The lowest BCUT2D eigenvalue weighted by molar-refractivity contribution is -0.123. The number of hydrogen-bond acceptors (Lipinski definition) is 3. The lowest BCUT2D eigenvalue weighted by Gasteiger charge is -2.17. The number of carbonyl (C=O) groups excluding carboxylic acids is 1. The van der Waals surface area contributed by atoms with Gasteiger partial charge in [-0.3, -0.25) is 10.1 Å². The number of nitrogens with one attached hydrogen (secondary N) is 2. The van der Waals surface area contributed by atoms with Gasteiger partial charge >= 0.3 is 0 Å². The monoisotopic (exact) mass is 346 g/mol. The molecular formula is C16H21ClF2N2O2. The van der Waals surface area contributed by atoms with Crippen LogP contribution >= 0.6 is 12.4 Å². The van der Waals surface area contributed by atoms with Crippen LogP contribution in [0, 0.1) is 0 Å². The molecule has 2 fully saturated rings. The van der Waals surface area contributed by atoms with E-state index in [-0.39, 0.29) is 29.8 Å². The number of methoxy groups -OCH3 is 1. The predicted octanol–water partition coefficient (Wildman–Crippen LogP) is 2.26. The number of carbonyl (C=O) groups is 1. The van der Waals surface area contributed by atoms with Crippen molar-refractivity contribution in [1.82, 2.24) is 10.6 Å². The van der Waals surface area contributed by atoms with Crippen LogP contribution in [0.25, 0.3) is 0 Å². The molecule has 3 unspecified atom stereocenters. The molecule has 128 valence electrons. The normalized spacial score (nSPS) is 31.1. The van der Waals surface area contributed by atoms with Crippen molar-refractivity contribution in [2.75, 3.05) is 13.7 Å². The first kappa shape index (κ1) is 17.9. The molecule has 4 nitrogen and oxygen atoms in total. The predicted molar refractivity (Wildman–Crippen MR) is 85.5 cm³/mol. The van der Waals surface area contributed by atoms with E-state index in [0.717, 1.165) is 17.7 Å². The smallest absolute Gasteiger partial charge is 0.262 e. The van der Waals surface area contributed by atoms with E-state index in [1.807, 2.05) is 31.2 Å². The van der Waals surface area contributed by atoms with Crippen LogP contribution in [0.15, 0.2) is 24.3 Å². The van der Waals surface area contributed by atoms with Gasteiger partial charge in [-0.25, -0.2) is 8.78 Å². The molecule has 0 aromatic heterocycles. The van der Waals surface area contributed by atoms with Gasteiger partial charge in [0.2, 0.25) is 5.91 Å². The second-order valence-electron chi connectivity index (χ2n) is 6.38. The molecule has 1 aromatic carbocycles. The highest BCUT2D eigenvalue weighted by Crippen LogP contribution is 2.51. The number of para-hydroxylation sites is 1. The van der Waals surface area contributed by atoms with Crippen molar-refractivity contribution in [3.8, 4) is 5.75 Å². The minimum Gasteiger partial charge on any atom is -0.496 e. The molecule has 0 spiro atoms. The van der Waals surface area contributed by atoms with E-state index < -0.39 is 24.9 Å². The number of amides is 1. The molecule has 23 heavy (non-hydrogen) atoms. The van der Waals surface area contributed by atoms with Crippen molar-refractivity contribution in [1.29, 1.82) is 0 Å². The summed E-state index contributed by atoms with van der Waals surface area (Å²) >= 11 is 0. The molecule has 3 atom stereocenters. The summed E-state index contributed by atoms with van der Waals surface area (Å²) in [6.07, 6.45) is 0.346. The van der Waals surface area contributed by atoms with Crippen LogP contribution < -0.4 is 15.4 Å². The maximum Gasteiger partial charge on any atom is 0.262 e. The lowest BCUT2D eigenvalue weighted by Crippen LogP contribution is -2.42. The Balaban J connectivity index is 0.00000192. The fourth-order valence-electron chi connectivity index (χ4n) is 3.16. The molecule has 1 saturated heterocycles. The van der Waals surface area contributed by atoms with Crippen LogP contribution in [0.1, 0.15) is 25.3 Å². The topological polar surface area (TPSA) is 50.4 Å². The highest BCUT2D eigenvalue weighted by atomic mass is 35.5. The highest BCUT2D eigenvalue weighted by Gasteiger charge is 2.54. The van der Waals surface area contributed by atoms with Crippen LogP contribution in [0.3, 0.4) is 0 Å². The van der Waals surface area contributed by atoms with Crippen molar-refractivity contribution in [3.05, 3.63) is 29.8 Å². The van der Waals surface area contributed by atoms with Gasteiger partial charge in [0.05, 0.1) is 19.7 Å². The number of rotatable bonds is 4. The van der Waals surface area contributed by atoms with Gasteiger partial charge in [-0.1, -0.05) is 25.1 Å². The molecule has 2 aliphatic rings. The Labute approximate surface area is 140 Å². The Morgan fingerprint density at radius 2 is 2.04 bits per heavy atom. The molecule has 1 heterocycles. The Hall–Kier alpha value is -1.40. The zero-order valence-corrected chi connectivity index (χ0v) is 13.9. The van der Waals surface area contributed by atoms with E-state index in [1.165, 1.54) is 0 Å². The number of halogens is 3. The van der Waals surface area contributed by atoms with E-state index >= 15 is 0 Å². The van der Waals surface area contributed by atoms with Gasteiger partial charge in [0, 0.05) is 23.4 Å². The third-order valence-corrected chi connectivity index (χ3v) is 4.70. The molecule has 1 amide bonds. The number of hydrogen-bond donors (Lipinski definition) is 2. The van der Waals surface area contributed by atoms with E-state index in [1.54, 1.807) is 7.11 Å². The van der Waals surface area contributed by atoms with Crippen LogP contribution in [0.2, 0.25) is 0 Å². The molecule has 1 aliphatic carbocycles. The van der Waals surface area contributed by atoms with Crippen LogP contribution in [-0.4, -0.2) is 37.6 Å². The molecular weight excluding hydrogens is 326 g/mol. The fourth-order valence-corrected chi connectivity index (χ4v) is 3.16. The Bertz CT molecular complexity index is 599. The van der Waals surface area contributed by atoms with E-state index in [4.69, 9.17) is 4.74 Å². The van der Waals surface area contributed by atoms with E-state index in [2.05, 4.69) is 10.6 Å². The summed E-state index contributed by atoms with van der Waals surface area (Å²) in [5, 5.41) is 5.47. The van der Waals surface area contributed by atoms with E-state index in [9.17, 15) is 13.6 Å². The van der Waals surface area contributed by atoms with Crippen molar-refractivity contribution >= 4 is 18.3 Å². The number of ether oxygens (including phenoxy) is 1. The first-order valence-corrected chi connectivity index (χ1v) is 7.41. The summed E-state index contributed by atoms with van der Waals surface area (Å²) in [6, 6.07) is 6.83. The van der Waals surface area contributed by atoms with Gasteiger partial charge in [-0.2, -0.15) is 0 Å². The summed E-state index contributed by atoms with van der Waals surface area (Å²) in [4.78, 5) is 12.1. The summed E-state index contributed by atoms with van der Waals surface area (Å²) in [7, 11) is 1.61. The Morgan fingerprint density at radius 1 is 1.35 bits per heavy atom. The molecule has 2 N–H and O–H groups in total. The van der Waals surface area contributed by atoms with Gasteiger partial charge in [0.1, 0.15) is 5.75 Å². The Kier molecular flexibility index (Phi) is 4.87. The van der Waals surface area contributed by atoms with Crippen LogP contribution in [0.5, 0.6) is 5.75 Å². The third-order valence-electron chi connectivity index (χ3n) is 4.70. The average molecular weight is 347 g/mol. The minimum atomic E-state index is -2.79. The van der Waals surface area contributed by atoms with Crippen LogP contribution in [-0.2, 0) is 10.2 Å². The summed E-state index contributed by atoms with van der Waals surface area (Å²) in [5.41, 5.74) is 0.830. The average Bonchev–Trinajstić information content (AvgIpc) is 2.98. The van der Waals surface area contributed by atoms with Gasteiger partial charge in [0.15, 0.2) is 0 Å². The largest absolute Gasteiger partial charge is 0.496 e. The molecule has 1 aromatic rings. The summed E-state index contributed by atoms with van der Waals surface area (Å²) in [5.74, 6) is -2.36. The zero-order valence-electron chi connectivity index (χ0n) is 13.1. The van der Waals surface area contributed by atoms with Crippen LogP contribution in [0.4, 0.5) is 8.78 Å². The van der Waals surface area contributed by atoms with Gasteiger partial charge < -0.3 is 10.1 Å². The molecule has 1 saturated carbocycles. The third kappa shape index (κ3) is 3.43. The van der Waals surface area contributed by atoms with Crippen molar-refractivity contribution < 1.29 is 18.3 Å². The second kappa shape index (κ2) is 6.24. The lowest BCUT2D eigenvalue weighted by atomic mass is 9.96. The van der Waals surface area contributed by atoms with Gasteiger partial charge in [-0.15, -0.1) is 12.4 Å². The standard InChI is InChI=1S/C16H20F2N2O2.ClH/c1-15(10-5-3-4-6-12(10)22-2)8-13(15)20-14(21)11-7-16(17,18)9-19-11;/h3-6,11,13,19H,7-9H2,1-2H3,(H,20,21);1H. The molecule has 1 aliphatic heterocycles. The maximum atomic E-state index is 13.2. The molecule has 0 radical (unpaired) electrons. The zero-order chi connectivity index (χ0) is 16.0. The number of alkyl halides is 2. The second-order valence-corrected chi connectivity index (χ2v) is 6.38. The molecule has 3 rings (SSSR count). The van der Waals surface area contributed by atoms with Crippen molar-refractivity contribution in [2.45, 2.75) is 43.2 Å². The number of benzene rings is 1. The highest BCUT2D eigenvalue weighted by molar-refractivity contribution is 5.85. The molecule has 7 heteroatoms. The summed E-state index contributed by atoms with van der Waals surface area (Å²) in [6.45, 7) is 1.62. The first-order valence-electron chi connectivity index (χ1n) is 7.41. The SMILES string of the molecule is COc1ccccc1C1(C)CC1NC(=O)C1CC(F)(F)CN1.Cl. The quantitative estimate of drug-likeness (QED) is 0.879. The van der Waals surface area contributed by atoms with Gasteiger partial charge in [-0.05, 0) is 12.5 Å².